The van der Waals surface area contributed by atoms with Crippen molar-refractivity contribution in [1.82, 2.24) is 9.78 Å². The van der Waals surface area contributed by atoms with Crippen molar-refractivity contribution in [2.75, 3.05) is 0 Å². The number of allylic oxidation sites excluding steroid dienone is 1. The second-order valence-corrected chi connectivity index (χ2v) is 5.33. The van der Waals surface area contributed by atoms with Crippen LogP contribution in [0.25, 0.3) is 5.69 Å². The Kier molecular flexibility index (Phi) is 3.97. The van der Waals surface area contributed by atoms with Crippen molar-refractivity contribution in [2.45, 2.75) is 38.2 Å². The molecule has 1 N–H and O–H groups in total. The molecule has 0 fully saturated rings. The van der Waals surface area contributed by atoms with Crippen molar-refractivity contribution in [2.24, 2.45) is 0 Å². The summed E-state index contributed by atoms with van der Waals surface area (Å²) in [5, 5.41) is 14.9. The van der Waals surface area contributed by atoms with E-state index in [1.807, 2.05) is 41.2 Å². The highest BCUT2D eigenvalue weighted by Gasteiger charge is 2.16. The van der Waals surface area contributed by atoms with Crippen LogP contribution in [-0.2, 0) is 0 Å². The highest BCUT2D eigenvalue weighted by molar-refractivity contribution is 5.32. The monoisotopic (exact) mass is 268 g/mol. The number of aliphatic hydroxyl groups is 1. The molecular weight excluding hydrogens is 248 g/mol. The minimum absolute atomic E-state index is 0.509. The summed E-state index contributed by atoms with van der Waals surface area (Å²) in [5.41, 5.74) is 3.04. The van der Waals surface area contributed by atoms with Gasteiger partial charge in [-0.05, 0) is 43.4 Å². The summed E-state index contributed by atoms with van der Waals surface area (Å²) < 4.78 is 1.82. The van der Waals surface area contributed by atoms with Crippen molar-refractivity contribution in [1.29, 1.82) is 0 Å². The Morgan fingerprint density at radius 1 is 1.10 bits per heavy atom. The summed E-state index contributed by atoms with van der Waals surface area (Å²) in [6.45, 7) is 0. The van der Waals surface area contributed by atoms with Gasteiger partial charge >= 0.3 is 0 Å². The molecule has 0 saturated carbocycles. The molecule has 3 heteroatoms. The van der Waals surface area contributed by atoms with Crippen LogP contribution in [0.3, 0.4) is 0 Å². The first kappa shape index (κ1) is 13.1. The molecule has 1 aromatic carbocycles. The maximum Gasteiger partial charge on any atom is 0.103 e. The van der Waals surface area contributed by atoms with Gasteiger partial charge in [0.25, 0.3) is 0 Å². The summed E-state index contributed by atoms with van der Waals surface area (Å²) in [6, 6.07) is 9.98. The SMILES string of the molecule is OC(C1=CCCCCC1)c1cnn(-c2ccccc2)c1. The fraction of sp³-hybridized carbons (Fsp3) is 0.353. The zero-order valence-corrected chi connectivity index (χ0v) is 11.6. The third kappa shape index (κ3) is 2.83. The number of benzene rings is 1. The molecule has 0 bridgehead atoms. The number of aromatic nitrogens is 2. The Hall–Kier alpha value is -1.87. The zero-order chi connectivity index (χ0) is 13.8. The molecule has 0 saturated heterocycles. The maximum atomic E-state index is 10.5. The number of nitrogens with zero attached hydrogens (tertiary/aromatic N) is 2. The quantitative estimate of drug-likeness (QED) is 0.860. The minimum Gasteiger partial charge on any atom is -0.384 e. The second kappa shape index (κ2) is 6.06. The summed E-state index contributed by atoms with van der Waals surface area (Å²) in [5.74, 6) is 0. The van der Waals surface area contributed by atoms with Crippen LogP contribution in [0.15, 0.2) is 54.4 Å². The number of para-hydroxylation sites is 1. The predicted molar refractivity (Wildman–Crippen MR) is 79.7 cm³/mol. The van der Waals surface area contributed by atoms with Gasteiger partial charge in [-0.2, -0.15) is 5.10 Å². The lowest BCUT2D eigenvalue weighted by atomic mass is 10.0. The van der Waals surface area contributed by atoms with Crippen LogP contribution in [0, 0.1) is 0 Å². The van der Waals surface area contributed by atoms with Gasteiger partial charge in [-0.15, -0.1) is 0 Å². The number of hydrogen-bond donors (Lipinski definition) is 1. The van der Waals surface area contributed by atoms with E-state index in [1.54, 1.807) is 6.20 Å². The van der Waals surface area contributed by atoms with E-state index >= 15 is 0 Å². The van der Waals surface area contributed by atoms with E-state index in [0.29, 0.717) is 0 Å². The van der Waals surface area contributed by atoms with Crippen LogP contribution in [0.4, 0.5) is 0 Å². The van der Waals surface area contributed by atoms with E-state index in [9.17, 15) is 5.11 Å². The first-order valence-corrected chi connectivity index (χ1v) is 7.31. The molecule has 0 amide bonds. The zero-order valence-electron chi connectivity index (χ0n) is 11.6. The van der Waals surface area contributed by atoms with Crippen molar-refractivity contribution < 1.29 is 5.11 Å². The van der Waals surface area contributed by atoms with Gasteiger partial charge in [-0.3, -0.25) is 0 Å². The molecule has 104 valence electrons. The van der Waals surface area contributed by atoms with E-state index in [-0.39, 0.29) is 0 Å². The molecule has 2 aromatic rings. The molecule has 1 heterocycles. The van der Waals surface area contributed by atoms with E-state index in [2.05, 4.69) is 11.2 Å². The summed E-state index contributed by atoms with van der Waals surface area (Å²) >= 11 is 0. The Morgan fingerprint density at radius 3 is 2.80 bits per heavy atom. The van der Waals surface area contributed by atoms with E-state index < -0.39 is 6.10 Å². The average Bonchev–Trinajstić information content (AvgIpc) is 2.83. The third-order valence-corrected chi connectivity index (χ3v) is 3.87. The van der Waals surface area contributed by atoms with Gasteiger partial charge in [0.2, 0.25) is 0 Å². The Morgan fingerprint density at radius 2 is 1.95 bits per heavy atom. The highest BCUT2D eigenvalue weighted by Crippen LogP contribution is 2.29. The van der Waals surface area contributed by atoms with Crippen LogP contribution >= 0.6 is 0 Å². The van der Waals surface area contributed by atoms with Gasteiger partial charge in [0.15, 0.2) is 0 Å². The fourth-order valence-corrected chi connectivity index (χ4v) is 2.70. The lowest BCUT2D eigenvalue weighted by Gasteiger charge is -2.12. The minimum atomic E-state index is -0.509. The number of hydrogen-bond acceptors (Lipinski definition) is 2. The largest absolute Gasteiger partial charge is 0.384 e. The van der Waals surface area contributed by atoms with Crippen LogP contribution < -0.4 is 0 Å². The normalized spacial score (nSPS) is 17.4. The molecular formula is C17H20N2O. The molecule has 0 radical (unpaired) electrons. The van der Waals surface area contributed by atoms with Gasteiger partial charge in [-0.1, -0.05) is 30.7 Å². The fourth-order valence-electron chi connectivity index (χ4n) is 2.70. The maximum absolute atomic E-state index is 10.5. The van der Waals surface area contributed by atoms with Crippen molar-refractivity contribution in [3.05, 3.63) is 59.9 Å². The second-order valence-electron chi connectivity index (χ2n) is 5.33. The van der Waals surface area contributed by atoms with Crippen molar-refractivity contribution in [3.8, 4) is 5.69 Å². The number of rotatable bonds is 3. The van der Waals surface area contributed by atoms with Gasteiger partial charge in [-0.25, -0.2) is 4.68 Å². The van der Waals surface area contributed by atoms with Crippen molar-refractivity contribution in [3.63, 3.8) is 0 Å². The lowest BCUT2D eigenvalue weighted by Crippen LogP contribution is -2.00. The summed E-state index contributed by atoms with van der Waals surface area (Å²) in [4.78, 5) is 0. The first-order chi connectivity index (χ1) is 9.84. The van der Waals surface area contributed by atoms with Crippen LogP contribution in [0.2, 0.25) is 0 Å². The molecule has 1 unspecified atom stereocenters. The molecule has 20 heavy (non-hydrogen) atoms. The first-order valence-electron chi connectivity index (χ1n) is 7.31. The van der Waals surface area contributed by atoms with E-state index in [0.717, 1.165) is 29.7 Å². The third-order valence-electron chi connectivity index (χ3n) is 3.87. The summed E-state index contributed by atoms with van der Waals surface area (Å²) in [7, 11) is 0. The standard InChI is InChI=1S/C17H20N2O/c20-17(14-8-4-1-2-5-9-14)15-12-18-19(13-15)16-10-6-3-7-11-16/h3,6-8,10-13,17,20H,1-2,4-5,9H2. The van der Waals surface area contributed by atoms with Crippen LogP contribution in [0.5, 0.6) is 0 Å². The van der Waals surface area contributed by atoms with E-state index in [4.69, 9.17) is 0 Å². The van der Waals surface area contributed by atoms with Gasteiger partial charge in [0, 0.05) is 11.8 Å². The van der Waals surface area contributed by atoms with Gasteiger partial charge < -0.3 is 5.11 Å². The van der Waals surface area contributed by atoms with Crippen molar-refractivity contribution >= 4 is 0 Å². The van der Waals surface area contributed by atoms with Gasteiger partial charge in [0.05, 0.1) is 11.9 Å². The Bertz CT molecular complexity index is 586. The lowest BCUT2D eigenvalue weighted by molar-refractivity contribution is 0.210. The Labute approximate surface area is 119 Å². The molecule has 0 spiro atoms. The molecule has 3 rings (SSSR count). The van der Waals surface area contributed by atoms with Crippen LogP contribution in [-0.4, -0.2) is 14.9 Å². The highest BCUT2D eigenvalue weighted by atomic mass is 16.3. The summed E-state index contributed by atoms with van der Waals surface area (Å²) in [6.07, 6.45) is 11.1. The van der Waals surface area contributed by atoms with E-state index in [1.165, 1.54) is 19.3 Å². The van der Waals surface area contributed by atoms with Gasteiger partial charge in [0.1, 0.15) is 6.10 Å². The van der Waals surface area contributed by atoms with Crippen LogP contribution in [0.1, 0.15) is 43.8 Å². The topological polar surface area (TPSA) is 38.1 Å². The smallest absolute Gasteiger partial charge is 0.103 e. The molecule has 1 aromatic heterocycles. The molecule has 3 nitrogen and oxygen atoms in total. The molecule has 0 aliphatic heterocycles. The molecule has 1 aliphatic rings. The predicted octanol–water partition coefficient (Wildman–Crippen LogP) is 3.80. The molecule has 1 aliphatic carbocycles. The molecule has 1 atom stereocenters. The number of aliphatic hydroxyl groups excluding tert-OH is 1. The Balaban J connectivity index is 1.81. The average molecular weight is 268 g/mol.